The molecule has 156 valence electrons. The lowest BCUT2D eigenvalue weighted by Gasteiger charge is -2.30. The van der Waals surface area contributed by atoms with Gasteiger partial charge in [0.15, 0.2) is 11.6 Å². The molecule has 2 fully saturated rings. The maximum atomic E-state index is 14.2. The Bertz CT molecular complexity index is 639. The summed E-state index contributed by atoms with van der Waals surface area (Å²) in [5, 5.41) is 6.97. The van der Waals surface area contributed by atoms with E-state index in [1.165, 1.54) is 12.8 Å². The minimum atomic E-state index is -0.285. The molecule has 4 nitrogen and oxygen atoms in total. The van der Waals surface area contributed by atoms with E-state index in [-0.39, 0.29) is 11.9 Å². The maximum absolute atomic E-state index is 14.2. The molecular weight excluding hydrogens is 355 g/mol. The van der Waals surface area contributed by atoms with Crippen LogP contribution < -0.4 is 15.4 Å². The highest BCUT2D eigenvalue weighted by atomic mass is 19.1. The zero-order chi connectivity index (χ0) is 19.9. The standard InChI is InChI=1S/C23H35FN2O2/c1-16(2)26-17(3)13-25-20-7-9-21(10-8-20)27-15-19-6-11-23(22(24)12-19)28-14-18-4-5-18/h6,11-12,17-18,20-21,25-26H,1,4-5,7-10,13-15H2,2-3H3/t17-,20?,21?/m0/s1. The molecule has 0 amide bonds. The summed E-state index contributed by atoms with van der Waals surface area (Å²) in [5.41, 5.74) is 1.88. The van der Waals surface area contributed by atoms with E-state index in [1.54, 1.807) is 12.1 Å². The Balaban J connectivity index is 1.33. The quantitative estimate of drug-likeness (QED) is 0.582. The molecule has 1 aromatic rings. The largest absolute Gasteiger partial charge is 0.490 e. The number of hydrogen-bond donors (Lipinski definition) is 2. The van der Waals surface area contributed by atoms with Gasteiger partial charge in [-0.3, -0.25) is 0 Å². The Hall–Kier alpha value is -1.59. The van der Waals surface area contributed by atoms with Crippen LogP contribution in [0.2, 0.25) is 0 Å². The lowest BCUT2D eigenvalue weighted by molar-refractivity contribution is 0.0111. The van der Waals surface area contributed by atoms with Crippen LogP contribution in [-0.4, -0.2) is 31.3 Å². The van der Waals surface area contributed by atoms with Gasteiger partial charge in [-0.15, -0.1) is 0 Å². The van der Waals surface area contributed by atoms with Crippen LogP contribution in [0.3, 0.4) is 0 Å². The van der Waals surface area contributed by atoms with E-state index in [2.05, 4.69) is 24.1 Å². The predicted octanol–water partition coefficient (Wildman–Crippen LogP) is 4.54. The molecule has 0 radical (unpaired) electrons. The first-order valence-electron chi connectivity index (χ1n) is 10.7. The van der Waals surface area contributed by atoms with Gasteiger partial charge < -0.3 is 20.1 Å². The van der Waals surface area contributed by atoms with Gasteiger partial charge in [0, 0.05) is 24.3 Å². The summed E-state index contributed by atoms with van der Waals surface area (Å²) >= 11 is 0. The van der Waals surface area contributed by atoms with Crippen molar-refractivity contribution in [2.24, 2.45) is 5.92 Å². The summed E-state index contributed by atoms with van der Waals surface area (Å²) in [6.07, 6.45) is 7.00. The molecule has 2 N–H and O–H groups in total. The Morgan fingerprint density at radius 1 is 1.21 bits per heavy atom. The molecular formula is C23H35FN2O2. The summed E-state index contributed by atoms with van der Waals surface area (Å²) in [6, 6.07) is 6.13. The molecule has 0 bridgehead atoms. The van der Waals surface area contributed by atoms with Crippen molar-refractivity contribution in [2.75, 3.05) is 13.2 Å². The fourth-order valence-electron chi connectivity index (χ4n) is 3.71. The van der Waals surface area contributed by atoms with Crippen molar-refractivity contribution in [3.63, 3.8) is 0 Å². The van der Waals surface area contributed by atoms with E-state index >= 15 is 0 Å². The molecule has 1 atom stereocenters. The molecule has 0 unspecified atom stereocenters. The molecule has 3 rings (SSSR count). The van der Waals surface area contributed by atoms with Crippen molar-refractivity contribution in [3.05, 3.63) is 41.9 Å². The highest BCUT2D eigenvalue weighted by molar-refractivity contribution is 5.29. The third kappa shape index (κ3) is 7.10. The highest BCUT2D eigenvalue weighted by Crippen LogP contribution is 2.30. The maximum Gasteiger partial charge on any atom is 0.165 e. The summed E-state index contributed by atoms with van der Waals surface area (Å²) in [5.74, 6) is 0.697. The minimum Gasteiger partial charge on any atom is -0.490 e. The third-order valence-corrected chi connectivity index (χ3v) is 5.53. The average molecular weight is 391 g/mol. The Morgan fingerprint density at radius 3 is 2.61 bits per heavy atom. The first-order chi connectivity index (χ1) is 13.5. The monoisotopic (exact) mass is 390 g/mol. The van der Waals surface area contributed by atoms with Gasteiger partial charge >= 0.3 is 0 Å². The number of allylic oxidation sites excluding steroid dienone is 1. The number of rotatable bonds is 11. The van der Waals surface area contributed by atoms with Gasteiger partial charge in [-0.05, 0) is 76.0 Å². The second-order valence-electron chi connectivity index (χ2n) is 8.54. The van der Waals surface area contributed by atoms with Crippen LogP contribution in [0.4, 0.5) is 4.39 Å². The van der Waals surface area contributed by atoms with Crippen LogP contribution in [0.15, 0.2) is 30.5 Å². The Morgan fingerprint density at radius 2 is 1.96 bits per heavy atom. The minimum absolute atomic E-state index is 0.262. The first kappa shape index (κ1) is 21.1. The third-order valence-electron chi connectivity index (χ3n) is 5.53. The Kier molecular flexibility index (Phi) is 7.74. The van der Waals surface area contributed by atoms with Crippen LogP contribution in [-0.2, 0) is 11.3 Å². The van der Waals surface area contributed by atoms with E-state index in [1.807, 2.05) is 13.0 Å². The van der Waals surface area contributed by atoms with Gasteiger partial charge in [-0.2, -0.15) is 0 Å². The van der Waals surface area contributed by atoms with Crippen molar-refractivity contribution < 1.29 is 13.9 Å². The summed E-state index contributed by atoms with van der Waals surface area (Å²) in [7, 11) is 0. The van der Waals surface area contributed by atoms with Crippen LogP contribution in [0.1, 0.15) is 57.9 Å². The number of hydrogen-bond acceptors (Lipinski definition) is 4. The van der Waals surface area contributed by atoms with Gasteiger partial charge in [0.25, 0.3) is 0 Å². The lowest BCUT2D eigenvalue weighted by Crippen LogP contribution is -2.42. The smallest absolute Gasteiger partial charge is 0.165 e. The lowest BCUT2D eigenvalue weighted by atomic mass is 9.93. The fraction of sp³-hybridized carbons (Fsp3) is 0.652. The van der Waals surface area contributed by atoms with Crippen LogP contribution in [0.5, 0.6) is 5.75 Å². The van der Waals surface area contributed by atoms with E-state index in [0.29, 0.717) is 37.0 Å². The molecule has 0 saturated heterocycles. The molecule has 0 aliphatic heterocycles. The van der Waals surface area contributed by atoms with Gasteiger partial charge in [0.05, 0.1) is 19.3 Å². The van der Waals surface area contributed by atoms with E-state index in [4.69, 9.17) is 9.47 Å². The summed E-state index contributed by atoms with van der Waals surface area (Å²) in [6.45, 7) is 10.1. The number of ether oxygens (including phenoxy) is 2. The molecule has 1 aromatic carbocycles. The van der Waals surface area contributed by atoms with E-state index in [9.17, 15) is 4.39 Å². The second-order valence-corrected chi connectivity index (χ2v) is 8.54. The number of benzene rings is 1. The van der Waals surface area contributed by atoms with E-state index in [0.717, 1.165) is 43.5 Å². The Labute approximate surface area is 168 Å². The van der Waals surface area contributed by atoms with Gasteiger partial charge in [-0.25, -0.2) is 4.39 Å². The molecule has 2 aliphatic carbocycles. The van der Waals surface area contributed by atoms with Crippen molar-refractivity contribution in [3.8, 4) is 5.75 Å². The highest BCUT2D eigenvalue weighted by Gasteiger charge is 2.23. The molecule has 0 aromatic heterocycles. The van der Waals surface area contributed by atoms with Crippen molar-refractivity contribution in [1.29, 1.82) is 0 Å². The molecule has 5 heteroatoms. The van der Waals surface area contributed by atoms with E-state index < -0.39 is 0 Å². The first-order valence-corrected chi connectivity index (χ1v) is 10.7. The zero-order valence-corrected chi connectivity index (χ0v) is 17.3. The summed E-state index contributed by atoms with van der Waals surface area (Å²) in [4.78, 5) is 0. The summed E-state index contributed by atoms with van der Waals surface area (Å²) < 4.78 is 25.8. The molecule has 28 heavy (non-hydrogen) atoms. The predicted molar refractivity (Wildman–Crippen MR) is 111 cm³/mol. The van der Waals surface area contributed by atoms with Crippen molar-refractivity contribution >= 4 is 0 Å². The molecule has 2 saturated carbocycles. The number of halogens is 1. The fourth-order valence-corrected chi connectivity index (χ4v) is 3.71. The van der Waals surface area contributed by atoms with Gasteiger partial charge in [0.1, 0.15) is 0 Å². The molecule has 0 spiro atoms. The molecule has 0 heterocycles. The SMILES string of the molecule is C=C(C)N[C@@H](C)CNC1CCC(OCc2ccc(OCC3CC3)c(F)c2)CC1. The van der Waals surface area contributed by atoms with Crippen LogP contribution >= 0.6 is 0 Å². The van der Waals surface area contributed by atoms with Gasteiger partial charge in [0.2, 0.25) is 0 Å². The van der Waals surface area contributed by atoms with Crippen molar-refractivity contribution in [1.82, 2.24) is 10.6 Å². The van der Waals surface area contributed by atoms with Crippen LogP contribution in [0.25, 0.3) is 0 Å². The van der Waals surface area contributed by atoms with Crippen molar-refractivity contribution in [2.45, 2.75) is 77.2 Å². The normalized spacial score (nSPS) is 23.2. The topological polar surface area (TPSA) is 42.5 Å². The van der Waals surface area contributed by atoms with Gasteiger partial charge in [-0.1, -0.05) is 12.6 Å². The van der Waals surface area contributed by atoms with Crippen LogP contribution in [0, 0.1) is 11.7 Å². The zero-order valence-electron chi connectivity index (χ0n) is 17.3. The number of nitrogens with one attached hydrogen (secondary N) is 2. The second kappa shape index (κ2) is 10.3. The molecule has 2 aliphatic rings. The average Bonchev–Trinajstić information content (AvgIpc) is 3.49.